The Hall–Kier alpha value is -2.12. The van der Waals surface area contributed by atoms with Crippen LogP contribution in [0.4, 0.5) is 0 Å². The van der Waals surface area contributed by atoms with E-state index >= 15 is 0 Å². The second-order valence-corrected chi connectivity index (χ2v) is 20.1. The van der Waals surface area contributed by atoms with E-state index in [-0.39, 0.29) is 57.2 Å². The molecular formula is C42H72N2O5. The van der Waals surface area contributed by atoms with E-state index in [2.05, 4.69) is 128 Å². The number of hydrogen-bond acceptors (Lipinski definition) is 7. The normalized spacial score (nSPS) is 22.1. The van der Waals surface area contributed by atoms with E-state index in [1.165, 1.54) is 0 Å². The molecule has 2 aliphatic rings. The molecule has 0 radical (unpaired) electrons. The van der Waals surface area contributed by atoms with Crippen molar-refractivity contribution in [2.75, 3.05) is 14.1 Å². The highest BCUT2D eigenvalue weighted by molar-refractivity contribution is 5.91. The van der Waals surface area contributed by atoms with E-state index in [0.29, 0.717) is 0 Å². The van der Waals surface area contributed by atoms with Crippen LogP contribution < -0.4 is 0 Å². The summed E-state index contributed by atoms with van der Waals surface area (Å²) < 4.78 is 12.6. The molecule has 0 saturated carbocycles. The molecular weight excluding hydrogens is 612 g/mol. The van der Waals surface area contributed by atoms with Gasteiger partial charge in [-0.1, -0.05) is 54.9 Å². The lowest BCUT2D eigenvalue weighted by atomic mass is 9.58. The summed E-state index contributed by atoms with van der Waals surface area (Å²) in [5, 5.41) is 11.1. The number of phenolic OH excluding ortho intramolecular Hbond substituents is 1. The van der Waals surface area contributed by atoms with Gasteiger partial charge in [0.15, 0.2) is 0 Å². The molecule has 0 bridgehead atoms. The number of carbonyl (C=O) groups excluding carboxylic acids is 2. The summed E-state index contributed by atoms with van der Waals surface area (Å²) in [6, 6.07) is 3.82. The number of hydrogen-bond donors (Lipinski definition) is 1. The van der Waals surface area contributed by atoms with Crippen molar-refractivity contribution >= 4 is 11.9 Å². The van der Waals surface area contributed by atoms with Crippen LogP contribution in [0, 0.1) is 11.8 Å². The van der Waals surface area contributed by atoms with Crippen LogP contribution in [-0.2, 0) is 36.5 Å². The fourth-order valence-electron chi connectivity index (χ4n) is 9.29. The van der Waals surface area contributed by atoms with Crippen LogP contribution in [0.15, 0.2) is 12.1 Å². The fraction of sp³-hybridized carbons (Fsp3) is 0.810. The third-order valence-corrected chi connectivity index (χ3v) is 12.4. The standard InChI is InChI=1S/C42H72N2O5/c1-18-19-42(29-23-38(8,9)43(16)39(10,11)24-29,30-25-40(12,13)44(17)41(14,15)26-30)49-34(46)22-33(45)48-27-28-20-31(36(2,3)4)35(47)32(21-28)37(5,6)7/h20-21,29-30,47H,18-19,22-27H2,1-17H3. The Morgan fingerprint density at radius 2 is 1.10 bits per heavy atom. The first-order valence-corrected chi connectivity index (χ1v) is 18.7. The van der Waals surface area contributed by atoms with Crippen LogP contribution in [0.5, 0.6) is 5.75 Å². The van der Waals surface area contributed by atoms with E-state index in [9.17, 15) is 14.7 Å². The predicted octanol–water partition coefficient (Wildman–Crippen LogP) is 9.30. The SMILES string of the molecule is CCCC(OC(=O)CC(=O)OCc1cc(C(C)(C)C)c(O)c(C(C)(C)C)c1)(C1CC(C)(C)N(C)C(C)(C)C1)C1CC(C)(C)N(C)C(C)(C)C1. The number of nitrogens with zero attached hydrogens (tertiary/aromatic N) is 2. The molecule has 0 aromatic heterocycles. The number of aromatic hydroxyl groups is 1. The molecule has 1 aromatic carbocycles. The van der Waals surface area contributed by atoms with E-state index in [0.717, 1.165) is 55.2 Å². The van der Waals surface area contributed by atoms with Crippen molar-refractivity contribution in [2.24, 2.45) is 11.8 Å². The van der Waals surface area contributed by atoms with Gasteiger partial charge in [0, 0.05) is 34.0 Å². The molecule has 2 aliphatic heterocycles. The second kappa shape index (κ2) is 13.8. The second-order valence-electron chi connectivity index (χ2n) is 20.1. The average molecular weight is 685 g/mol. The molecule has 0 unspecified atom stereocenters. The third-order valence-electron chi connectivity index (χ3n) is 12.4. The molecule has 49 heavy (non-hydrogen) atoms. The molecule has 0 atom stereocenters. The zero-order chi connectivity index (χ0) is 37.8. The molecule has 2 fully saturated rings. The maximum atomic E-state index is 14.1. The van der Waals surface area contributed by atoms with Crippen LogP contribution in [0.25, 0.3) is 0 Å². The number of likely N-dealkylation sites (tertiary alicyclic amines) is 2. The van der Waals surface area contributed by atoms with Crippen molar-refractivity contribution in [1.29, 1.82) is 0 Å². The zero-order valence-electron chi connectivity index (χ0n) is 34.4. The van der Waals surface area contributed by atoms with Crippen molar-refractivity contribution in [3.05, 3.63) is 28.8 Å². The Bertz CT molecular complexity index is 1250. The first-order valence-electron chi connectivity index (χ1n) is 18.7. The monoisotopic (exact) mass is 685 g/mol. The van der Waals surface area contributed by atoms with Crippen LogP contribution >= 0.6 is 0 Å². The van der Waals surface area contributed by atoms with Crippen molar-refractivity contribution in [3.63, 3.8) is 0 Å². The van der Waals surface area contributed by atoms with Crippen LogP contribution in [0.3, 0.4) is 0 Å². The smallest absolute Gasteiger partial charge is 0.317 e. The molecule has 0 amide bonds. The first kappa shape index (κ1) is 41.3. The predicted molar refractivity (Wildman–Crippen MR) is 201 cm³/mol. The van der Waals surface area contributed by atoms with Crippen molar-refractivity contribution < 1.29 is 24.2 Å². The highest BCUT2D eigenvalue weighted by atomic mass is 16.6. The molecule has 0 aliphatic carbocycles. The van der Waals surface area contributed by atoms with Gasteiger partial charge in [-0.3, -0.25) is 19.4 Å². The van der Waals surface area contributed by atoms with E-state index < -0.39 is 24.0 Å². The Labute approximate surface area is 299 Å². The van der Waals surface area contributed by atoms with Crippen LogP contribution in [0.1, 0.15) is 165 Å². The summed E-state index contributed by atoms with van der Waals surface area (Å²) in [5.41, 5.74) is 0.744. The number of rotatable bonds is 9. The van der Waals surface area contributed by atoms with Crippen molar-refractivity contribution in [3.8, 4) is 5.75 Å². The van der Waals surface area contributed by atoms with Crippen molar-refractivity contribution in [2.45, 2.75) is 194 Å². The number of benzene rings is 1. The Kier molecular flexibility index (Phi) is 11.6. The topological polar surface area (TPSA) is 79.3 Å². The zero-order valence-corrected chi connectivity index (χ0v) is 34.4. The van der Waals surface area contributed by atoms with Crippen LogP contribution in [0.2, 0.25) is 0 Å². The quantitative estimate of drug-likeness (QED) is 0.205. The molecule has 3 rings (SSSR count). The Morgan fingerprint density at radius 1 is 0.735 bits per heavy atom. The summed E-state index contributed by atoms with van der Waals surface area (Å²) in [4.78, 5) is 32.4. The fourth-order valence-corrected chi connectivity index (χ4v) is 9.29. The highest BCUT2D eigenvalue weighted by Gasteiger charge is 2.59. The molecule has 0 spiro atoms. The molecule has 7 nitrogen and oxygen atoms in total. The molecule has 1 aromatic rings. The number of piperidine rings is 2. The molecule has 2 saturated heterocycles. The van der Waals surface area contributed by atoms with E-state index in [1.807, 2.05) is 12.1 Å². The maximum Gasteiger partial charge on any atom is 0.317 e. The summed E-state index contributed by atoms with van der Waals surface area (Å²) in [6.45, 7) is 33.0. The van der Waals surface area contributed by atoms with Gasteiger partial charge in [0.05, 0.1) is 0 Å². The van der Waals surface area contributed by atoms with Gasteiger partial charge < -0.3 is 14.6 Å². The van der Waals surface area contributed by atoms with Gasteiger partial charge in [-0.2, -0.15) is 0 Å². The van der Waals surface area contributed by atoms with Crippen molar-refractivity contribution in [1.82, 2.24) is 9.80 Å². The summed E-state index contributed by atoms with van der Waals surface area (Å²) in [5.74, 6) is -0.536. The molecule has 7 heteroatoms. The van der Waals surface area contributed by atoms with Gasteiger partial charge in [-0.25, -0.2) is 0 Å². The maximum absolute atomic E-state index is 14.1. The number of esters is 2. The largest absolute Gasteiger partial charge is 0.507 e. The number of carbonyl (C=O) groups is 2. The Balaban J connectivity index is 1.96. The van der Waals surface area contributed by atoms with Gasteiger partial charge in [0.1, 0.15) is 24.4 Å². The third kappa shape index (κ3) is 8.86. The minimum Gasteiger partial charge on any atom is -0.507 e. The number of phenols is 1. The van der Waals surface area contributed by atoms with Gasteiger partial charge in [0.2, 0.25) is 0 Å². The molecule has 1 N–H and O–H groups in total. The van der Waals surface area contributed by atoms with Gasteiger partial charge in [0.25, 0.3) is 0 Å². The molecule has 2 heterocycles. The lowest BCUT2D eigenvalue weighted by Gasteiger charge is -2.62. The minimum absolute atomic E-state index is 0.0212. The number of ether oxygens (including phenoxy) is 2. The Morgan fingerprint density at radius 3 is 1.43 bits per heavy atom. The summed E-state index contributed by atoms with van der Waals surface area (Å²) in [7, 11) is 4.43. The lowest BCUT2D eigenvalue weighted by molar-refractivity contribution is -0.206. The first-order chi connectivity index (χ1) is 22.0. The minimum atomic E-state index is -0.710. The summed E-state index contributed by atoms with van der Waals surface area (Å²) >= 11 is 0. The van der Waals surface area contributed by atoms with Crippen LogP contribution in [-0.4, -0.2) is 68.7 Å². The highest BCUT2D eigenvalue weighted by Crippen LogP contribution is 2.55. The average Bonchev–Trinajstić information content (AvgIpc) is 2.91. The van der Waals surface area contributed by atoms with Gasteiger partial charge in [-0.15, -0.1) is 0 Å². The lowest BCUT2D eigenvalue weighted by Crippen LogP contribution is -2.67. The van der Waals surface area contributed by atoms with Gasteiger partial charge in [-0.05, 0) is 141 Å². The van der Waals surface area contributed by atoms with E-state index in [1.54, 1.807) is 0 Å². The summed E-state index contributed by atoms with van der Waals surface area (Å²) in [6.07, 6.45) is 4.84. The van der Waals surface area contributed by atoms with Gasteiger partial charge >= 0.3 is 11.9 Å². The van der Waals surface area contributed by atoms with E-state index in [4.69, 9.17) is 9.47 Å². The molecule has 280 valence electrons.